The van der Waals surface area contributed by atoms with E-state index in [4.69, 9.17) is 0 Å². The molecule has 0 aliphatic rings. The minimum Gasteiger partial charge on any atom is -0.362 e. The summed E-state index contributed by atoms with van der Waals surface area (Å²) in [6.45, 7) is 9.12. The molecule has 0 aromatic rings. The second-order valence-electron chi connectivity index (χ2n) is 1.70. The lowest BCUT2D eigenvalue weighted by molar-refractivity contribution is 1.12. The Morgan fingerprint density at radius 1 is 1.40 bits per heavy atom. The van der Waals surface area contributed by atoms with Gasteiger partial charge >= 0.3 is 0 Å². The van der Waals surface area contributed by atoms with Crippen LogP contribution in [0.3, 0.4) is 0 Å². The summed E-state index contributed by atoms with van der Waals surface area (Å²) in [6.07, 6.45) is 9.18. The molecule has 0 amide bonds. The van der Waals surface area contributed by atoms with E-state index >= 15 is 0 Å². The van der Waals surface area contributed by atoms with E-state index in [0.29, 0.717) is 0 Å². The van der Waals surface area contributed by atoms with E-state index in [-0.39, 0.29) is 0 Å². The molecule has 0 rings (SSSR count). The van der Waals surface area contributed by atoms with E-state index in [1.54, 1.807) is 12.3 Å². The van der Waals surface area contributed by atoms with E-state index < -0.39 is 0 Å². The van der Waals surface area contributed by atoms with Gasteiger partial charge in [-0.05, 0) is 25.3 Å². The lowest BCUT2D eigenvalue weighted by Gasteiger charge is -1.96. The molecule has 0 bridgehead atoms. The van der Waals surface area contributed by atoms with Gasteiger partial charge in [-0.2, -0.15) is 0 Å². The number of hydrogen-bond acceptors (Lipinski definition) is 1. The summed E-state index contributed by atoms with van der Waals surface area (Å²) >= 11 is 0. The summed E-state index contributed by atoms with van der Waals surface area (Å²) in [5.41, 5.74) is 0.952. The monoisotopic (exact) mass is 135 g/mol. The predicted molar refractivity (Wildman–Crippen MR) is 46.4 cm³/mol. The first-order valence-electron chi connectivity index (χ1n) is 3.18. The van der Waals surface area contributed by atoms with E-state index in [9.17, 15) is 0 Å². The molecule has 1 nitrogen and oxygen atoms in total. The van der Waals surface area contributed by atoms with Crippen LogP contribution in [-0.2, 0) is 0 Å². The molecular formula is C9H13N. The zero-order chi connectivity index (χ0) is 7.82. The summed E-state index contributed by atoms with van der Waals surface area (Å²) < 4.78 is 0. The van der Waals surface area contributed by atoms with Crippen molar-refractivity contribution in [3.05, 3.63) is 49.4 Å². The highest BCUT2D eigenvalue weighted by atomic mass is 14.8. The van der Waals surface area contributed by atoms with Crippen molar-refractivity contribution in [1.29, 1.82) is 0 Å². The third kappa shape index (κ3) is 3.72. The van der Waals surface area contributed by atoms with Gasteiger partial charge in [0.2, 0.25) is 0 Å². The minimum absolute atomic E-state index is 0.952. The van der Waals surface area contributed by atoms with Crippen molar-refractivity contribution in [3.8, 4) is 0 Å². The first kappa shape index (κ1) is 8.76. The molecule has 0 saturated carbocycles. The predicted octanol–water partition coefficient (Wildman–Crippen LogP) is 2.37. The molecule has 0 radical (unpaired) electrons. The molecule has 0 aliphatic heterocycles. The van der Waals surface area contributed by atoms with Gasteiger partial charge in [-0.1, -0.05) is 25.3 Å². The Balaban J connectivity index is 4.02. The number of nitrogens with one attached hydrogen (secondary N) is 1. The first-order chi connectivity index (χ1) is 4.85. The third-order valence-electron chi connectivity index (χ3n) is 0.957. The fourth-order valence-electron chi connectivity index (χ4n) is 0.493. The van der Waals surface area contributed by atoms with Crippen LogP contribution in [0.25, 0.3) is 0 Å². The minimum atomic E-state index is 0.952. The van der Waals surface area contributed by atoms with Gasteiger partial charge in [0, 0.05) is 5.70 Å². The van der Waals surface area contributed by atoms with Crippen molar-refractivity contribution < 1.29 is 0 Å². The summed E-state index contributed by atoms with van der Waals surface area (Å²) in [5.74, 6) is 0. The molecule has 0 aromatic heterocycles. The second-order valence-corrected chi connectivity index (χ2v) is 1.70. The Labute approximate surface area is 62.5 Å². The quantitative estimate of drug-likeness (QED) is 0.583. The highest BCUT2D eigenvalue weighted by Crippen LogP contribution is 1.89. The Kier molecular flexibility index (Phi) is 5.16. The summed E-state index contributed by atoms with van der Waals surface area (Å²) in [4.78, 5) is 0. The Morgan fingerprint density at radius 3 is 2.50 bits per heavy atom. The SMILES string of the molecule is C=CN/C(C=C)=C/C=C\C. The smallest absolute Gasteiger partial charge is 0.0373 e. The fourth-order valence-corrected chi connectivity index (χ4v) is 0.493. The van der Waals surface area contributed by atoms with Gasteiger partial charge < -0.3 is 5.32 Å². The van der Waals surface area contributed by atoms with Crippen LogP contribution in [-0.4, -0.2) is 0 Å². The molecule has 0 aromatic carbocycles. The van der Waals surface area contributed by atoms with Crippen molar-refractivity contribution in [1.82, 2.24) is 5.32 Å². The molecule has 0 spiro atoms. The number of allylic oxidation sites excluding steroid dienone is 4. The molecule has 0 fully saturated rings. The molecule has 0 atom stereocenters. The van der Waals surface area contributed by atoms with Crippen LogP contribution in [0.5, 0.6) is 0 Å². The van der Waals surface area contributed by atoms with Gasteiger partial charge in [-0.3, -0.25) is 0 Å². The molecule has 54 valence electrons. The molecule has 0 aliphatic carbocycles. The van der Waals surface area contributed by atoms with E-state index in [1.165, 1.54) is 0 Å². The summed E-state index contributed by atoms with van der Waals surface area (Å²) in [6, 6.07) is 0. The average molecular weight is 135 g/mol. The van der Waals surface area contributed by atoms with Crippen molar-refractivity contribution >= 4 is 0 Å². The zero-order valence-corrected chi connectivity index (χ0v) is 6.30. The highest BCUT2D eigenvalue weighted by Gasteiger charge is 1.79. The van der Waals surface area contributed by atoms with Crippen LogP contribution in [0, 0.1) is 0 Å². The highest BCUT2D eigenvalue weighted by molar-refractivity contribution is 5.21. The normalized spacial score (nSPS) is 11.5. The Bertz CT molecular complexity index is 164. The van der Waals surface area contributed by atoms with E-state index in [2.05, 4.69) is 18.5 Å². The summed E-state index contributed by atoms with van der Waals surface area (Å²) in [7, 11) is 0. The van der Waals surface area contributed by atoms with Crippen molar-refractivity contribution in [2.75, 3.05) is 0 Å². The van der Waals surface area contributed by atoms with Crippen LogP contribution >= 0.6 is 0 Å². The van der Waals surface area contributed by atoms with Crippen LogP contribution in [0.4, 0.5) is 0 Å². The maximum atomic E-state index is 3.62. The molecule has 10 heavy (non-hydrogen) atoms. The number of hydrogen-bond donors (Lipinski definition) is 1. The summed E-state index contributed by atoms with van der Waals surface area (Å²) in [5, 5.41) is 2.92. The van der Waals surface area contributed by atoms with Crippen LogP contribution in [0.15, 0.2) is 49.4 Å². The maximum Gasteiger partial charge on any atom is 0.0373 e. The molecule has 1 heteroatoms. The van der Waals surface area contributed by atoms with Crippen LogP contribution in [0.2, 0.25) is 0 Å². The Morgan fingerprint density at radius 2 is 2.10 bits per heavy atom. The van der Waals surface area contributed by atoms with Crippen LogP contribution in [0.1, 0.15) is 6.92 Å². The number of rotatable bonds is 4. The van der Waals surface area contributed by atoms with Gasteiger partial charge in [0.15, 0.2) is 0 Å². The van der Waals surface area contributed by atoms with Gasteiger partial charge in [-0.15, -0.1) is 0 Å². The molecule has 0 heterocycles. The van der Waals surface area contributed by atoms with Crippen LogP contribution < -0.4 is 5.32 Å². The molecule has 1 N–H and O–H groups in total. The van der Waals surface area contributed by atoms with Gasteiger partial charge in [0.1, 0.15) is 0 Å². The van der Waals surface area contributed by atoms with Gasteiger partial charge in [0.25, 0.3) is 0 Å². The lowest BCUT2D eigenvalue weighted by Crippen LogP contribution is -1.99. The fraction of sp³-hybridized carbons (Fsp3) is 0.111. The standard InChI is InChI=1S/C9H13N/c1-4-7-8-9(5-2)10-6-3/h4-8,10H,2-3H2,1H3/b7-4-,9-8+. The molecule has 0 unspecified atom stereocenters. The van der Waals surface area contributed by atoms with E-state index in [0.717, 1.165) is 5.70 Å². The van der Waals surface area contributed by atoms with Gasteiger partial charge in [0.05, 0.1) is 0 Å². The van der Waals surface area contributed by atoms with Crippen molar-refractivity contribution in [2.24, 2.45) is 0 Å². The van der Waals surface area contributed by atoms with Gasteiger partial charge in [-0.25, -0.2) is 0 Å². The van der Waals surface area contributed by atoms with E-state index in [1.807, 2.05) is 25.2 Å². The zero-order valence-electron chi connectivity index (χ0n) is 6.30. The molecule has 0 saturated heterocycles. The first-order valence-corrected chi connectivity index (χ1v) is 3.18. The Hall–Kier alpha value is -1.24. The molecular weight excluding hydrogens is 122 g/mol. The maximum absolute atomic E-state index is 3.62. The lowest BCUT2D eigenvalue weighted by atomic mass is 10.3. The van der Waals surface area contributed by atoms with Crippen molar-refractivity contribution in [2.45, 2.75) is 6.92 Å². The average Bonchev–Trinajstić information content (AvgIpc) is 1.98. The van der Waals surface area contributed by atoms with Crippen molar-refractivity contribution in [3.63, 3.8) is 0 Å². The second kappa shape index (κ2) is 5.89. The largest absolute Gasteiger partial charge is 0.362 e. The topological polar surface area (TPSA) is 12.0 Å². The third-order valence-corrected chi connectivity index (χ3v) is 0.957.